The predicted molar refractivity (Wildman–Crippen MR) is 74.4 cm³/mol. The van der Waals surface area contributed by atoms with E-state index in [4.69, 9.17) is 17.3 Å². The molecule has 1 unspecified atom stereocenters. The first-order chi connectivity index (χ1) is 7.59. The number of nitrogens with two attached hydrogens (primary N) is 1. The molecule has 1 atom stereocenters. The predicted octanol–water partition coefficient (Wildman–Crippen LogP) is 2.70. The lowest BCUT2D eigenvalue weighted by Gasteiger charge is -2.30. The Kier molecular flexibility index (Phi) is 5.25. The van der Waals surface area contributed by atoms with Crippen molar-refractivity contribution < 1.29 is 4.79 Å². The summed E-state index contributed by atoms with van der Waals surface area (Å²) in [6, 6.07) is 0.109. The van der Waals surface area contributed by atoms with Crippen LogP contribution in [0.3, 0.4) is 0 Å². The summed E-state index contributed by atoms with van der Waals surface area (Å²) in [4.78, 5) is 14.6. The Morgan fingerprint density at radius 3 is 2.88 bits per heavy atom. The molecule has 6 heteroatoms. The van der Waals surface area contributed by atoms with E-state index in [2.05, 4.69) is 0 Å². The lowest BCUT2D eigenvalue weighted by Crippen LogP contribution is -2.45. The van der Waals surface area contributed by atoms with Crippen LogP contribution in [0.2, 0.25) is 5.02 Å². The van der Waals surface area contributed by atoms with E-state index in [9.17, 15) is 4.79 Å². The van der Waals surface area contributed by atoms with E-state index >= 15 is 0 Å². The molecule has 1 fully saturated rings. The van der Waals surface area contributed by atoms with Crippen molar-refractivity contribution in [3.05, 3.63) is 20.8 Å². The minimum Gasteiger partial charge on any atom is -0.336 e. The fraction of sp³-hybridized carbons (Fsp3) is 0.545. The second-order valence-corrected chi connectivity index (χ2v) is 5.47. The number of nitrogens with zero attached hydrogens (tertiary/aromatic N) is 1. The number of rotatable bonds is 1. The van der Waals surface area contributed by atoms with Crippen LogP contribution in [0.1, 0.15) is 28.1 Å². The summed E-state index contributed by atoms with van der Waals surface area (Å²) in [7, 11) is 0. The van der Waals surface area contributed by atoms with Crippen LogP contribution in [0.25, 0.3) is 0 Å². The maximum atomic E-state index is 12.2. The van der Waals surface area contributed by atoms with Crippen LogP contribution in [0.15, 0.2) is 5.38 Å². The quantitative estimate of drug-likeness (QED) is 0.866. The lowest BCUT2D eigenvalue weighted by atomic mass is 10.1. The van der Waals surface area contributed by atoms with Crippen LogP contribution in [0, 0.1) is 6.92 Å². The zero-order valence-electron chi connectivity index (χ0n) is 9.61. The lowest BCUT2D eigenvalue weighted by molar-refractivity contribution is 0.0714. The van der Waals surface area contributed by atoms with Crippen LogP contribution in [0.4, 0.5) is 0 Å². The summed E-state index contributed by atoms with van der Waals surface area (Å²) in [5, 5.41) is 2.51. The molecule has 17 heavy (non-hydrogen) atoms. The van der Waals surface area contributed by atoms with Gasteiger partial charge in [-0.25, -0.2) is 0 Å². The van der Waals surface area contributed by atoms with Gasteiger partial charge in [0.2, 0.25) is 0 Å². The Bertz CT molecular complexity index is 408. The van der Waals surface area contributed by atoms with E-state index in [1.54, 1.807) is 0 Å². The fourth-order valence-corrected chi connectivity index (χ4v) is 3.15. The van der Waals surface area contributed by atoms with Crippen molar-refractivity contribution >= 4 is 41.3 Å². The van der Waals surface area contributed by atoms with E-state index < -0.39 is 0 Å². The summed E-state index contributed by atoms with van der Waals surface area (Å²) >= 11 is 7.51. The maximum absolute atomic E-state index is 12.2. The maximum Gasteiger partial charge on any atom is 0.265 e. The molecule has 0 bridgehead atoms. The normalized spacial score (nSPS) is 19.9. The van der Waals surface area contributed by atoms with Gasteiger partial charge in [0.05, 0.1) is 5.02 Å². The number of thiophene rings is 1. The Hall–Kier alpha value is -0.290. The number of carbonyl (C=O) groups excluding carboxylic acids is 1. The third kappa shape index (κ3) is 3.13. The molecule has 1 amide bonds. The molecule has 1 aliphatic rings. The Morgan fingerprint density at radius 1 is 1.65 bits per heavy atom. The van der Waals surface area contributed by atoms with Gasteiger partial charge in [-0.1, -0.05) is 11.6 Å². The molecule has 2 N–H and O–H groups in total. The van der Waals surface area contributed by atoms with Gasteiger partial charge in [0.15, 0.2) is 0 Å². The summed E-state index contributed by atoms with van der Waals surface area (Å²) in [6.07, 6.45) is 1.98. The number of hydrogen-bond acceptors (Lipinski definition) is 3. The number of hydrogen-bond donors (Lipinski definition) is 1. The van der Waals surface area contributed by atoms with Gasteiger partial charge >= 0.3 is 0 Å². The minimum absolute atomic E-state index is 0. The molecule has 3 nitrogen and oxygen atoms in total. The Morgan fingerprint density at radius 2 is 2.35 bits per heavy atom. The van der Waals surface area contributed by atoms with Crippen molar-refractivity contribution in [2.24, 2.45) is 5.73 Å². The van der Waals surface area contributed by atoms with Crippen molar-refractivity contribution in [2.45, 2.75) is 25.8 Å². The standard InChI is InChI=1S/C11H15ClN2OS.ClH/c1-7-6-16-10(9(7)12)11(15)14-4-2-3-8(13)5-14;/h6,8H,2-5,13H2,1H3;1H. The van der Waals surface area contributed by atoms with Gasteiger partial charge in [0.25, 0.3) is 5.91 Å². The molecule has 0 radical (unpaired) electrons. The number of carbonyl (C=O) groups is 1. The average molecular weight is 295 g/mol. The molecule has 0 aliphatic carbocycles. The van der Waals surface area contributed by atoms with Crippen molar-refractivity contribution in [1.29, 1.82) is 0 Å². The number of likely N-dealkylation sites (tertiary alicyclic amines) is 1. The average Bonchev–Trinajstić information content (AvgIpc) is 2.59. The fourth-order valence-electron chi connectivity index (χ4n) is 1.91. The molecule has 0 saturated carbocycles. The van der Waals surface area contributed by atoms with E-state index in [1.807, 2.05) is 17.2 Å². The van der Waals surface area contributed by atoms with Crippen LogP contribution in [0.5, 0.6) is 0 Å². The van der Waals surface area contributed by atoms with Crippen molar-refractivity contribution in [2.75, 3.05) is 13.1 Å². The molecular weight excluding hydrogens is 279 g/mol. The smallest absolute Gasteiger partial charge is 0.265 e. The van der Waals surface area contributed by atoms with E-state index in [0.29, 0.717) is 16.4 Å². The van der Waals surface area contributed by atoms with Gasteiger partial charge < -0.3 is 10.6 Å². The zero-order valence-corrected chi connectivity index (χ0v) is 12.0. The Balaban J connectivity index is 0.00000144. The molecule has 2 rings (SSSR count). The molecule has 2 heterocycles. The highest BCUT2D eigenvalue weighted by atomic mass is 35.5. The molecular formula is C11H16Cl2N2OS. The number of halogens is 2. The second kappa shape index (κ2) is 6.05. The van der Waals surface area contributed by atoms with Gasteiger partial charge in [-0.3, -0.25) is 4.79 Å². The summed E-state index contributed by atoms with van der Waals surface area (Å²) < 4.78 is 0. The van der Waals surface area contributed by atoms with E-state index in [-0.39, 0.29) is 24.4 Å². The van der Waals surface area contributed by atoms with Crippen LogP contribution in [-0.4, -0.2) is 29.9 Å². The molecule has 1 aromatic heterocycles. The van der Waals surface area contributed by atoms with Crippen molar-refractivity contribution in [3.8, 4) is 0 Å². The third-order valence-corrected chi connectivity index (χ3v) is 4.52. The number of piperidine rings is 1. The van der Waals surface area contributed by atoms with Crippen molar-refractivity contribution in [1.82, 2.24) is 4.90 Å². The topological polar surface area (TPSA) is 46.3 Å². The van der Waals surface area contributed by atoms with Crippen LogP contribution < -0.4 is 5.73 Å². The minimum atomic E-state index is 0. The van der Waals surface area contributed by atoms with Gasteiger partial charge in [-0.15, -0.1) is 23.7 Å². The third-order valence-electron chi connectivity index (χ3n) is 2.84. The Labute approximate surface area is 116 Å². The van der Waals surface area contributed by atoms with E-state index in [1.165, 1.54) is 11.3 Å². The van der Waals surface area contributed by atoms with Crippen molar-refractivity contribution in [3.63, 3.8) is 0 Å². The first-order valence-corrected chi connectivity index (χ1v) is 6.64. The molecule has 1 aromatic rings. The van der Waals surface area contributed by atoms with E-state index in [0.717, 1.165) is 24.9 Å². The largest absolute Gasteiger partial charge is 0.336 e. The zero-order chi connectivity index (χ0) is 11.7. The highest BCUT2D eigenvalue weighted by Gasteiger charge is 2.25. The van der Waals surface area contributed by atoms with Gasteiger partial charge in [0, 0.05) is 19.1 Å². The highest BCUT2D eigenvalue weighted by molar-refractivity contribution is 7.13. The summed E-state index contributed by atoms with van der Waals surface area (Å²) in [5.41, 5.74) is 6.83. The first-order valence-electron chi connectivity index (χ1n) is 5.38. The monoisotopic (exact) mass is 294 g/mol. The van der Waals surface area contributed by atoms with Gasteiger partial charge in [-0.05, 0) is 30.7 Å². The number of aryl methyl sites for hydroxylation is 1. The van der Waals surface area contributed by atoms with Crippen LogP contribution >= 0.6 is 35.3 Å². The second-order valence-electron chi connectivity index (χ2n) is 4.22. The SMILES string of the molecule is Cc1csc(C(=O)N2CCCC(N)C2)c1Cl.Cl. The first kappa shape index (κ1) is 14.8. The molecule has 1 saturated heterocycles. The molecule has 1 aliphatic heterocycles. The molecule has 0 spiro atoms. The van der Waals surface area contributed by atoms with Gasteiger partial charge in [-0.2, -0.15) is 0 Å². The number of amides is 1. The molecule has 0 aromatic carbocycles. The summed E-state index contributed by atoms with van der Waals surface area (Å²) in [6.45, 7) is 3.35. The molecule has 96 valence electrons. The highest BCUT2D eigenvalue weighted by Crippen LogP contribution is 2.29. The van der Waals surface area contributed by atoms with Gasteiger partial charge in [0.1, 0.15) is 4.88 Å². The summed E-state index contributed by atoms with van der Waals surface area (Å²) in [5.74, 6) is 0.0262. The van der Waals surface area contributed by atoms with Crippen LogP contribution in [-0.2, 0) is 0 Å².